The number of hydrogen-bond donors (Lipinski definition) is 1. The van der Waals surface area contributed by atoms with E-state index in [2.05, 4.69) is 36.3 Å². The van der Waals surface area contributed by atoms with E-state index >= 15 is 0 Å². The van der Waals surface area contributed by atoms with E-state index in [0.717, 1.165) is 15.6 Å². The molecule has 2 aromatic carbocycles. The molecule has 146 valence electrons. The normalized spacial score (nSPS) is 10.9. The Morgan fingerprint density at radius 3 is 2.72 bits per heavy atom. The highest BCUT2D eigenvalue weighted by atomic mass is 79.9. The van der Waals surface area contributed by atoms with Crippen molar-refractivity contribution in [2.45, 2.75) is 19.6 Å². The first-order valence-electron chi connectivity index (χ1n) is 8.91. The molecule has 0 aliphatic carbocycles. The number of fused-ring (bicyclic) bond motifs is 1. The predicted molar refractivity (Wildman–Crippen MR) is 111 cm³/mol. The van der Waals surface area contributed by atoms with Gasteiger partial charge in [0.05, 0.1) is 23.8 Å². The summed E-state index contributed by atoms with van der Waals surface area (Å²) in [6, 6.07) is 13.1. The van der Waals surface area contributed by atoms with E-state index in [-0.39, 0.29) is 18.0 Å². The zero-order valence-electron chi connectivity index (χ0n) is 15.3. The quantitative estimate of drug-likeness (QED) is 0.483. The van der Waals surface area contributed by atoms with E-state index in [9.17, 15) is 9.59 Å². The summed E-state index contributed by atoms with van der Waals surface area (Å²) in [6.45, 7) is 0.819. The van der Waals surface area contributed by atoms with Gasteiger partial charge in [-0.1, -0.05) is 40.2 Å². The Kier molecular flexibility index (Phi) is 5.48. The molecule has 4 aromatic rings. The molecule has 0 radical (unpaired) electrons. The number of rotatable bonds is 6. The second kappa shape index (κ2) is 8.36. The fraction of sp³-hybridized carbons (Fsp3) is 0.150. The highest BCUT2D eigenvalue weighted by Gasteiger charge is 2.10. The van der Waals surface area contributed by atoms with Crippen molar-refractivity contribution in [3.63, 3.8) is 0 Å². The van der Waals surface area contributed by atoms with Crippen LogP contribution in [0.3, 0.4) is 0 Å². The number of halogens is 1. The van der Waals surface area contributed by atoms with Gasteiger partial charge in [-0.2, -0.15) is 5.10 Å². The van der Waals surface area contributed by atoms with Gasteiger partial charge < -0.3 is 5.32 Å². The second-order valence-corrected chi connectivity index (χ2v) is 7.39. The summed E-state index contributed by atoms with van der Waals surface area (Å²) in [4.78, 5) is 33.3. The third-order valence-corrected chi connectivity index (χ3v) is 4.99. The second-order valence-electron chi connectivity index (χ2n) is 6.48. The number of carbonyl (C=O) groups excluding carboxylic acids is 1. The van der Waals surface area contributed by atoms with Gasteiger partial charge in [0, 0.05) is 11.0 Å². The highest BCUT2D eigenvalue weighted by Crippen LogP contribution is 2.15. The molecule has 0 bridgehead atoms. The fourth-order valence-corrected chi connectivity index (χ4v) is 3.38. The summed E-state index contributed by atoms with van der Waals surface area (Å²) in [5.74, 6) is -0.265. The van der Waals surface area contributed by atoms with E-state index in [1.54, 1.807) is 23.1 Å². The third kappa shape index (κ3) is 4.40. The summed E-state index contributed by atoms with van der Waals surface area (Å²) in [6.07, 6.45) is 4.53. The Bertz CT molecular complexity index is 1220. The molecule has 0 aliphatic rings. The summed E-state index contributed by atoms with van der Waals surface area (Å²) in [7, 11) is 0. The highest BCUT2D eigenvalue weighted by molar-refractivity contribution is 9.10. The molecule has 0 spiro atoms. The molecule has 2 heterocycles. The van der Waals surface area contributed by atoms with Crippen LogP contribution in [-0.2, 0) is 24.4 Å². The first-order chi connectivity index (χ1) is 14.1. The van der Waals surface area contributed by atoms with Crippen LogP contribution < -0.4 is 10.9 Å². The average Bonchev–Trinajstić information content (AvgIpc) is 3.23. The van der Waals surface area contributed by atoms with E-state index < -0.39 is 0 Å². The lowest BCUT2D eigenvalue weighted by molar-refractivity contribution is -0.121. The number of hydrogen-bond acceptors (Lipinski definition) is 5. The summed E-state index contributed by atoms with van der Waals surface area (Å²) >= 11 is 3.36. The lowest BCUT2D eigenvalue weighted by Crippen LogP contribution is -2.32. The van der Waals surface area contributed by atoms with Crippen molar-refractivity contribution in [1.82, 2.24) is 29.6 Å². The van der Waals surface area contributed by atoms with Crippen LogP contribution in [0.2, 0.25) is 0 Å². The maximum absolute atomic E-state index is 12.6. The van der Waals surface area contributed by atoms with Crippen LogP contribution in [0.4, 0.5) is 0 Å². The molecule has 2 aromatic heterocycles. The lowest BCUT2D eigenvalue weighted by atomic mass is 10.1. The molecule has 0 fully saturated rings. The maximum Gasteiger partial charge on any atom is 0.261 e. The van der Waals surface area contributed by atoms with Crippen molar-refractivity contribution in [1.29, 1.82) is 0 Å². The van der Waals surface area contributed by atoms with Crippen molar-refractivity contribution < 1.29 is 4.79 Å². The predicted octanol–water partition coefficient (Wildman–Crippen LogP) is 2.12. The zero-order valence-corrected chi connectivity index (χ0v) is 16.9. The minimum Gasteiger partial charge on any atom is -0.350 e. The monoisotopic (exact) mass is 452 g/mol. The number of nitrogens with zero attached hydrogens (tertiary/aromatic N) is 5. The van der Waals surface area contributed by atoms with E-state index in [4.69, 9.17) is 0 Å². The van der Waals surface area contributed by atoms with Gasteiger partial charge in [0.2, 0.25) is 5.91 Å². The van der Waals surface area contributed by atoms with Crippen molar-refractivity contribution in [2.75, 3.05) is 0 Å². The molecule has 29 heavy (non-hydrogen) atoms. The number of nitrogens with one attached hydrogen (secondary N) is 1. The van der Waals surface area contributed by atoms with E-state index in [1.165, 1.54) is 17.2 Å². The average molecular weight is 453 g/mol. The topological polar surface area (TPSA) is 94.7 Å². The number of aromatic nitrogens is 5. The lowest BCUT2D eigenvalue weighted by Gasteiger charge is -2.11. The van der Waals surface area contributed by atoms with Gasteiger partial charge in [0.25, 0.3) is 5.56 Å². The van der Waals surface area contributed by atoms with Gasteiger partial charge in [0.15, 0.2) is 0 Å². The molecule has 0 saturated heterocycles. The smallest absolute Gasteiger partial charge is 0.261 e. The fourth-order valence-electron chi connectivity index (χ4n) is 3.02. The SMILES string of the molecule is O=C(Cn1cnc2ccc(Br)cc2c1=O)NCc1ccccc1Cn1cncn1. The van der Waals surface area contributed by atoms with Crippen LogP contribution in [0.15, 0.2) is 70.7 Å². The summed E-state index contributed by atoms with van der Waals surface area (Å²) in [5, 5.41) is 7.45. The Labute approximate surface area is 174 Å². The first-order valence-corrected chi connectivity index (χ1v) is 9.70. The van der Waals surface area contributed by atoms with Crippen LogP contribution in [0, 0.1) is 0 Å². The minimum atomic E-state index is -0.265. The van der Waals surface area contributed by atoms with Crippen LogP contribution in [0.5, 0.6) is 0 Å². The molecule has 1 N–H and O–H groups in total. The molecule has 0 unspecified atom stereocenters. The molecule has 0 aliphatic heterocycles. The molecule has 9 heteroatoms. The van der Waals surface area contributed by atoms with Crippen molar-refractivity contribution in [3.05, 3.63) is 87.4 Å². The van der Waals surface area contributed by atoms with E-state index in [1.807, 2.05) is 30.3 Å². The largest absolute Gasteiger partial charge is 0.350 e. The van der Waals surface area contributed by atoms with Gasteiger partial charge in [-0.3, -0.25) is 14.2 Å². The Hall–Kier alpha value is -3.33. The minimum absolute atomic E-state index is 0.0977. The summed E-state index contributed by atoms with van der Waals surface area (Å²) in [5.41, 5.74) is 2.35. The van der Waals surface area contributed by atoms with E-state index in [0.29, 0.717) is 24.0 Å². The molecule has 0 atom stereocenters. The Morgan fingerprint density at radius 1 is 1.10 bits per heavy atom. The first kappa shape index (κ1) is 19.0. The zero-order chi connectivity index (χ0) is 20.2. The van der Waals surface area contributed by atoms with Crippen molar-refractivity contribution in [3.8, 4) is 0 Å². The van der Waals surface area contributed by atoms with Crippen molar-refractivity contribution in [2.24, 2.45) is 0 Å². The Morgan fingerprint density at radius 2 is 1.93 bits per heavy atom. The Balaban J connectivity index is 1.45. The van der Waals surface area contributed by atoms with Crippen LogP contribution in [0.25, 0.3) is 10.9 Å². The molecular formula is C20H17BrN6O2. The molecular weight excluding hydrogens is 436 g/mol. The van der Waals surface area contributed by atoms with Crippen LogP contribution in [-0.4, -0.2) is 30.2 Å². The number of benzene rings is 2. The molecule has 4 rings (SSSR count). The molecule has 8 nitrogen and oxygen atoms in total. The van der Waals surface area contributed by atoms with Crippen LogP contribution in [0.1, 0.15) is 11.1 Å². The standard InChI is InChI=1S/C20H17BrN6O2/c21-16-5-6-18-17(7-16)20(29)26(13-24-18)10-19(28)23-8-14-3-1-2-4-15(14)9-27-12-22-11-25-27/h1-7,11-13H,8-10H2,(H,23,28). The maximum atomic E-state index is 12.6. The number of amides is 1. The summed E-state index contributed by atoms with van der Waals surface area (Å²) < 4.78 is 3.82. The van der Waals surface area contributed by atoms with Gasteiger partial charge in [-0.05, 0) is 29.3 Å². The van der Waals surface area contributed by atoms with Crippen molar-refractivity contribution >= 4 is 32.7 Å². The van der Waals surface area contributed by atoms with Gasteiger partial charge >= 0.3 is 0 Å². The number of carbonyl (C=O) groups is 1. The van der Waals surface area contributed by atoms with Gasteiger partial charge in [-0.25, -0.2) is 14.6 Å². The molecule has 1 amide bonds. The third-order valence-electron chi connectivity index (χ3n) is 4.49. The van der Waals surface area contributed by atoms with Crippen LogP contribution >= 0.6 is 15.9 Å². The molecule has 0 saturated carbocycles. The van der Waals surface area contributed by atoms with Gasteiger partial charge in [0.1, 0.15) is 19.2 Å². The van der Waals surface area contributed by atoms with Gasteiger partial charge in [-0.15, -0.1) is 0 Å².